The van der Waals surface area contributed by atoms with Crippen LogP contribution in [0.2, 0.25) is 0 Å². The summed E-state index contributed by atoms with van der Waals surface area (Å²) in [7, 11) is 1.31. The van der Waals surface area contributed by atoms with Gasteiger partial charge in [-0.25, -0.2) is 9.59 Å². The number of carbonyl (C=O) groups is 2. The molecular formula is C12H12O4. The van der Waals surface area contributed by atoms with Crippen molar-refractivity contribution in [2.75, 3.05) is 7.11 Å². The lowest BCUT2D eigenvalue weighted by molar-refractivity contribution is -0.132. The van der Waals surface area contributed by atoms with E-state index in [9.17, 15) is 9.59 Å². The number of carboxylic acid groups (broad SMARTS) is 1. The lowest BCUT2D eigenvalue weighted by Crippen LogP contribution is -2.00. The lowest BCUT2D eigenvalue weighted by Gasteiger charge is -2.00. The van der Waals surface area contributed by atoms with Crippen LogP contribution in [0.4, 0.5) is 0 Å². The summed E-state index contributed by atoms with van der Waals surface area (Å²) >= 11 is 0. The first kappa shape index (κ1) is 12.0. The molecule has 0 heterocycles. The van der Waals surface area contributed by atoms with Crippen molar-refractivity contribution in [2.45, 2.75) is 6.92 Å². The Hall–Kier alpha value is -2.10. The fourth-order valence-corrected chi connectivity index (χ4v) is 1.15. The molecule has 4 nitrogen and oxygen atoms in total. The van der Waals surface area contributed by atoms with E-state index in [1.165, 1.54) is 20.1 Å². The molecule has 16 heavy (non-hydrogen) atoms. The lowest BCUT2D eigenvalue weighted by atomic mass is 10.1. The molecule has 0 saturated carbocycles. The molecule has 0 aliphatic carbocycles. The van der Waals surface area contributed by atoms with Gasteiger partial charge in [0.05, 0.1) is 12.7 Å². The third-order valence-corrected chi connectivity index (χ3v) is 2.05. The third-order valence-electron chi connectivity index (χ3n) is 2.05. The minimum absolute atomic E-state index is 0.241. The molecule has 0 aliphatic rings. The second-order valence-corrected chi connectivity index (χ2v) is 3.25. The summed E-state index contributed by atoms with van der Waals surface area (Å²) in [5, 5.41) is 8.68. The topological polar surface area (TPSA) is 63.6 Å². The number of carbonyl (C=O) groups excluding carboxylic acids is 1. The van der Waals surface area contributed by atoms with Gasteiger partial charge in [0, 0.05) is 5.57 Å². The quantitative estimate of drug-likeness (QED) is 0.624. The smallest absolute Gasteiger partial charge is 0.337 e. The highest BCUT2D eigenvalue weighted by molar-refractivity contribution is 5.92. The van der Waals surface area contributed by atoms with Crippen LogP contribution in [0.15, 0.2) is 29.8 Å². The van der Waals surface area contributed by atoms with Gasteiger partial charge in [-0.1, -0.05) is 12.1 Å². The van der Waals surface area contributed by atoms with Gasteiger partial charge in [-0.15, -0.1) is 0 Å². The molecular weight excluding hydrogens is 208 g/mol. The average Bonchev–Trinajstić information content (AvgIpc) is 2.28. The van der Waals surface area contributed by atoms with E-state index in [4.69, 9.17) is 5.11 Å². The van der Waals surface area contributed by atoms with Crippen molar-refractivity contribution in [1.82, 2.24) is 0 Å². The van der Waals surface area contributed by atoms with Crippen molar-refractivity contribution >= 4 is 18.0 Å². The number of hydrogen-bond acceptors (Lipinski definition) is 3. The molecule has 0 saturated heterocycles. The van der Waals surface area contributed by atoms with E-state index in [1.807, 2.05) is 0 Å². The van der Waals surface area contributed by atoms with Gasteiger partial charge in [-0.05, 0) is 30.7 Å². The van der Waals surface area contributed by atoms with Crippen LogP contribution in [0.1, 0.15) is 22.8 Å². The van der Waals surface area contributed by atoms with Crippen molar-refractivity contribution in [3.8, 4) is 0 Å². The van der Waals surface area contributed by atoms with Gasteiger partial charge in [0.25, 0.3) is 0 Å². The average molecular weight is 220 g/mol. The monoisotopic (exact) mass is 220 g/mol. The van der Waals surface area contributed by atoms with E-state index in [2.05, 4.69) is 4.74 Å². The van der Waals surface area contributed by atoms with Crippen LogP contribution >= 0.6 is 0 Å². The van der Waals surface area contributed by atoms with Crippen molar-refractivity contribution in [2.24, 2.45) is 0 Å². The third kappa shape index (κ3) is 2.95. The Morgan fingerprint density at radius 3 is 2.25 bits per heavy atom. The van der Waals surface area contributed by atoms with E-state index in [0.29, 0.717) is 5.56 Å². The van der Waals surface area contributed by atoms with E-state index in [1.54, 1.807) is 24.3 Å². The standard InChI is InChI=1S/C12H12O4/c1-8(11(13)14)7-9-3-5-10(6-4-9)12(15)16-2/h3-7H,1-2H3,(H,13,14). The molecule has 4 heteroatoms. The number of hydrogen-bond donors (Lipinski definition) is 1. The van der Waals surface area contributed by atoms with Gasteiger partial charge >= 0.3 is 11.9 Å². The second-order valence-electron chi connectivity index (χ2n) is 3.25. The summed E-state index contributed by atoms with van der Waals surface area (Å²) in [6, 6.07) is 6.51. The summed E-state index contributed by atoms with van der Waals surface area (Å²) in [5.74, 6) is -1.37. The molecule has 0 fully saturated rings. The number of benzene rings is 1. The Labute approximate surface area is 93.2 Å². The molecule has 0 radical (unpaired) electrons. The van der Waals surface area contributed by atoms with Crippen molar-refractivity contribution in [3.63, 3.8) is 0 Å². The Morgan fingerprint density at radius 1 is 1.25 bits per heavy atom. The Bertz CT molecular complexity index is 429. The number of carboxylic acids is 1. The molecule has 1 aromatic carbocycles. The Morgan fingerprint density at radius 2 is 1.81 bits per heavy atom. The molecule has 0 bridgehead atoms. The first-order valence-electron chi connectivity index (χ1n) is 4.64. The van der Waals surface area contributed by atoms with E-state index < -0.39 is 11.9 Å². The van der Waals surface area contributed by atoms with E-state index in [0.717, 1.165) is 5.56 Å². The SMILES string of the molecule is COC(=O)c1ccc(C=C(C)C(=O)O)cc1. The summed E-state index contributed by atoms with van der Waals surface area (Å²) in [5.41, 5.74) is 1.41. The van der Waals surface area contributed by atoms with Gasteiger partial charge in [-0.2, -0.15) is 0 Å². The van der Waals surface area contributed by atoms with Crippen LogP contribution in [-0.4, -0.2) is 24.2 Å². The maximum atomic E-state index is 11.1. The van der Waals surface area contributed by atoms with E-state index in [-0.39, 0.29) is 5.57 Å². The first-order chi connectivity index (χ1) is 7.54. The summed E-state index contributed by atoms with van der Waals surface area (Å²) in [6.45, 7) is 1.51. The Kier molecular flexibility index (Phi) is 3.83. The van der Waals surface area contributed by atoms with Gasteiger partial charge in [0.15, 0.2) is 0 Å². The summed E-state index contributed by atoms with van der Waals surface area (Å²) in [4.78, 5) is 21.7. The van der Waals surface area contributed by atoms with Crippen LogP contribution in [0.5, 0.6) is 0 Å². The molecule has 0 aromatic heterocycles. The molecule has 0 atom stereocenters. The van der Waals surface area contributed by atoms with Gasteiger partial charge in [0.1, 0.15) is 0 Å². The van der Waals surface area contributed by atoms with Crippen molar-refractivity contribution in [3.05, 3.63) is 41.0 Å². The van der Waals surface area contributed by atoms with Gasteiger partial charge in [0.2, 0.25) is 0 Å². The van der Waals surface area contributed by atoms with E-state index >= 15 is 0 Å². The number of ether oxygens (including phenoxy) is 1. The molecule has 1 aromatic rings. The fraction of sp³-hybridized carbons (Fsp3) is 0.167. The number of esters is 1. The normalized spacial score (nSPS) is 11.0. The minimum Gasteiger partial charge on any atom is -0.478 e. The highest BCUT2D eigenvalue weighted by atomic mass is 16.5. The maximum Gasteiger partial charge on any atom is 0.337 e. The zero-order valence-electron chi connectivity index (χ0n) is 9.06. The number of methoxy groups -OCH3 is 1. The number of rotatable bonds is 3. The largest absolute Gasteiger partial charge is 0.478 e. The maximum absolute atomic E-state index is 11.1. The number of aliphatic carboxylic acids is 1. The summed E-state index contributed by atoms with van der Waals surface area (Å²) < 4.78 is 4.55. The highest BCUT2D eigenvalue weighted by Crippen LogP contribution is 2.09. The molecule has 1 N–H and O–H groups in total. The predicted molar refractivity (Wildman–Crippen MR) is 59.1 cm³/mol. The van der Waals surface area contributed by atoms with Crippen LogP contribution in [0.25, 0.3) is 6.08 Å². The molecule has 84 valence electrons. The van der Waals surface area contributed by atoms with Gasteiger partial charge in [-0.3, -0.25) is 0 Å². The highest BCUT2D eigenvalue weighted by Gasteiger charge is 2.04. The predicted octanol–water partition coefficient (Wildman–Crippen LogP) is 1.96. The minimum atomic E-state index is -0.961. The molecule has 0 spiro atoms. The first-order valence-corrected chi connectivity index (χ1v) is 4.64. The zero-order valence-corrected chi connectivity index (χ0v) is 9.06. The second kappa shape index (κ2) is 5.11. The molecule has 0 unspecified atom stereocenters. The van der Waals surface area contributed by atoms with Crippen molar-refractivity contribution < 1.29 is 19.4 Å². The summed E-state index contributed by atoms with van der Waals surface area (Å²) in [6.07, 6.45) is 1.53. The molecule has 1 rings (SSSR count). The molecule has 0 aliphatic heterocycles. The zero-order chi connectivity index (χ0) is 12.1. The van der Waals surface area contributed by atoms with Crippen LogP contribution in [0, 0.1) is 0 Å². The van der Waals surface area contributed by atoms with Crippen molar-refractivity contribution in [1.29, 1.82) is 0 Å². The van der Waals surface area contributed by atoms with Crippen LogP contribution in [-0.2, 0) is 9.53 Å². The van der Waals surface area contributed by atoms with Gasteiger partial charge < -0.3 is 9.84 Å². The van der Waals surface area contributed by atoms with Crippen LogP contribution < -0.4 is 0 Å². The fourth-order valence-electron chi connectivity index (χ4n) is 1.15. The molecule has 0 amide bonds. The Balaban J connectivity index is 2.91. The van der Waals surface area contributed by atoms with Crippen LogP contribution in [0.3, 0.4) is 0 Å².